The molecule has 1 saturated heterocycles. The molecule has 3 aromatic rings. The lowest BCUT2D eigenvalue weighted by atomic mass is 10.1. The smallest absolute Gasteiger partial charge is 0.321 e. The molecule has 3 aromatic carbocycles. The van der Waals surface area contributed by atoms with E-state index in [1.54, 1.807) is 43.5 Å². The van der Waals surface area contributed by atoms with Gasteiger partial charge in [-0.2, -0.15) is 4.72 Å². The molecule has 4 rings (SSSR count). The van der Waals surface area contributed by atoms with Gasteiger partial charge in [0, 0.05) is 11.3 Å². The van der Waals surface area contributed by atoms with Gasteiger partial charge in [0.25, 0.3) is 0 Å². The Kier molecular flexibility index (Phi) is 8.95. The van der Waals surface area contributed by atoms with Gasteiger partial charge in [0.1, 0.15) is 24.1 Å². The number of hydrogen-bond donors (Lipinski definition) is 3. The van der Waals surface area contributed by atoms with Crippen LogP contribution in [0.2, 0.25) is 0 Å². The van der Waals surface area contributed by atoms with E-state index in [-0.39, 0.29) is 17.9 Å². The second kappa shape index (κ2) is 12.2. The lowest BCUT2D eigenvalue weighted by Crippen LogP contribution is -2.53. The summed E-state index contributed by atoms with van der Waals surface area (Å²) >= 11 is 4.36. The first-order valence-corrected chi connectivity index (χ1v) is 13.8. The van der Waals surface area contributed by atoms with E-state index in [4.69, 9.17) is 18.9 Å². The SMILES string of the molecule is COc1ccc(-c2ccc(S(=O)(=O)NC(CC3(COc4ccccc4S)OCCCO3)C(=O)O)cc2)cc1. The molecule has 1 aliphatic rings. The molecule has 11 heteroatoms. The molecule has 0 saturated carbocycles. The molecule has 1 heterocycles. The normalized spacial score (nSPS) is 15.9. The lowest BCUT2D eigenvalue weighted by Gasteiger charge is -2.38. The summed E-state index contributed by atoms with van der Waals surface area (Å²) in [4.78, 5) is 12.7. The van der Waals surface area contributed by atoms with Crippen LogP contribution < -0.4 is 14.2 Å². The van der Waals surface area contributed by atoms with Gasteiger partial charge in [0.2, 0.25) is 15.8 Å². The fourth-order valence-electron chi connectivity index (χ4n) is 4.00. The summed E-state index contributed by atoms with van der Waals surface area (Å²) in [6.07, 6.45) is 0.315. The highest BCUT2D eigenvalue weighted by Crippen LogP contribution is 2.30. The predicted octanol–water partition coefficient (Wildman–Crippen LogP) is 3.98. The molecular formula is C27H29NO8S2. The summed E-state index contributed by atoms with van der Waals surface area (Å²) < 4.78 is 51.2. The summed E-state index contributed by atoms with van der Waals surface area (Å²) in [5, 5.41) is 9.89. The minimum absolute atomic E-state index is 0.0687. The van der Waals surface area contributed by atoms with E-state index in [0.29, 0.717) is 36.0 Å². The molecule has 1 unspecified atom stereocenters. The van der Waals surface area contributed by atoms with Crippen LogP contribution in [0.3, 0.4) is 0 Å². The van der Waals surface area contributed by atoms with Crippen molar-refractivity contribution in [2.45, 2.75) is 34.5 Å². The molecule has 1 aliphatic heterocycles. The molecule has 0 amide bonds. The highest BCUT2D eigenvalue weighted by Gasteiger charge is 2.42. The first kappa shape index (κ1) is 27.9. The average Bonchev–Trinajstić information content (AvgIpc) is 2.93. The van der Waals surface area contributed by atoms with Crippen LogP contribution in [-0.2, 0) is 24.3 Å². The van der Waals surface area contributed by atoms with Crippen LogP contribution in [0.1, 0.15) is 12.8 Å². The van der Waals surface area contributed by atoms with Crippen LogP contribution in [0.4, 0.5) is 0 Å². The molecular weight excluding hydrogens is 530 g/mol. The van der Waals surface area contributed by atoms with Gasteiger partial charge in [-0.05, 0) is 53.9 Å². The van der Waals surface area contributed by atoms with E-state index in [1.165, 1.54) is 12.1 Å². The van der Waals surface area contributed by atoms with E-state index in [1.807, 2.05) is 24.3 Å². The zero-order valence-electron chi connectivity index (χ0n) is 20.7. The van der Waals surface area contributed by atoms with Crippen LogP contribution in [0.25, 0.3) is 11.1 Å². The monoisotopic (exact) mass is 559 g/mol. The maximum absolute atomic E-state index is 13.1. The Balaban J connectivity index is 1.50. The predicted molar refractivity (Wildman–Crippen MR) is 143 cm³/mol. The number of para-hydroxylation sites is 1. The largest absolute Gasteiger partial charge is 0.497 e. The van der Waals surface area contributed by atoms with Crippen LogP contribution in [0, 0.1) is 0 Å². The van der Waals surface area contributed by atoms with Gasteiger partial charge in [-0.15, -0.1) is 12.6 Å². The Labute approximate surface area is 227 Å². The Morgan fingerprint density at radius 2 is 1.63 bits per heavy atom. The van der Waals surface area contributed by atoms with Gasteiger partial charge in [-0.25, -0.2) is 8.42 Å². The topological polar surface area (TPSA) is 120 Å². The highest BCUT2D eigenvalue weighted by atomic mass is 32.2. The van der Waals surface area contributed by atoms with Crippen molar-refractivity contribution in [1.82, 2.24) is 4.72 Å². The molecule has 9 nitrogen and oxygen atoms in total. The molecule has 0 aliphatic carbocycles. The van der Waals surface area contributed by atoms with Gasteiger partial charge in [-0.1, -0.05) is 36.4 Å². The molecule has 38 heavy (non-hydrogen) atoms. The number of carboxylic acid groups (broad SMARTS) is 1. The number of carboxylic acids is 1. The average molecular weight is 560 g/mol. The third kappa shape index (κ3) is 6.86. The number of ether oxygens (including phenoxy) is 4. The van der Waals surface area contributed by atoms with Crippen LogP contribution >= 0.6 is 12.6 Å². The second-order valence-electron chi connectivity index (χ2n) is 8.69. The van der Waals surface area contributed by atoms with Crippen LogP contribution in [0.15, 0.2) is 82.6 Å². The third-order valence-electron chi connectivity index (χ3n) is 6.03. The third-order valence-corrected chi connectivity index (χ3v) is 7.89. The van der Waals surface area contributed by atoms with Gasteiger partial charge >= 0.3 is 5.97 Å². The van der Waals surface area contributed by atoms with E-state index in [0.717, 1.165) is 11.1 Å². The maximum Gasteiger partial charge on any atom is 0.321 e. The molecule has 0 spiro atoms. The van der Waals surface area contributed by atoms with Crippen LogP contribution in [-0.4, -0.2) is 58.3 Å². The Hall–Kier alpha value is -3.09. The number of methoxy groups -OCH3 is 1. The number of rotatable bonds is 11. The fraction of sp³-hybridized carbons (Fsp3) is 0.296. The highest BCUT2D eigenvalue weighted by molar-refractivity contribution is 7.89. The van der Waals surface area contributed by atoms with Gasteiger partial charge in [-0.3, -0.25) is 4.79 Å². The fourth-order valence-corrected chi connectivity index (χ4v) is 5.41. The Bertz CT molecular complexity index is 1340. The van der Waals surface area contributed by atoms with Crippen molar-refractivity contribution < 1.29 is 37.3 Å². The van der Waals surface area contributed by atoms with Crippen molar-refractivity contribution in [3.8, 4) is 22.6 Å². The van der Waals surface area contributed by atoms with Crippen molar-refractivity contribution in [3.63, 3.8) is 0 Å². The van der Waals surface area contributed by atoms with Crippen molar-refractivity contribution in [3.05, 3.63) is 72.8 Å². The minimum atomic E-state index is -4.18. The number of sulfonamides is 1. The first-order valence-electron chi connectivity index (χ1n) is 11.9. The summed E-state index contributed by atoms with van der Waals surface area (Å²) in [5.74, 6) is -1.65. The summed E-state index contributed by atoms with van der Waals surface area (Å²) in [6, 6.07) is 19.0. The number of hydrogen-bond acceptors (Lipinski definition) is 8. The molecule has 1 fully saturated rings. The van der Waals surface area contributed by atoms with E-state index < -0.39 is 27.8 Å². The molecule has 0 radical (unpaired) electrons. The number of thiol groups is 1. The summed E-state index contributed by atoms with van der Waals surface area (Å²) in [6.45, 7) is 0.488. The second-order valence-corrected chi connectivity index (χ2v) is 10.9. The van der Waals surface area contributed by atoms with E-state index >= 15 is 0 Å². The van der Waals surface area contributed by atoms with Gasteiger partial charge in [0.05, 0.1) is 25.2 Å². The quantitative estimate of drug-likeness (QED) is 0.302. The summed E-state index contributed by atoms with van der Waals surface area (Å²) in [5.41, 5.74) is 1.67. The maximum atomic E-state index is 13.1. The van der Waals surface area contributed by atoms with Crippen LogP contribution in [0.5, 0.6) is 11.5 Å². The van der Waals surface area contributed by atoms with Crippen molar-refractivity contribution >= 4 is 28.6 Å². The lowest BCUT2D eigenvalue weighted by molar-refractivity contribution is -0.283. The number of benzene rings is 3. The first-order chi connectivity index (χ1) is 18.2. The zero-order chi connectivity index (χ0) is 27.2. The van der Waals surface area contributed by atoms with Gasteiger partial charge in [0.15, 0.2) is 0 Å². The minimum Gasteiger partial charge on any atom is -0.497 e. The number of aliphatic carboxylic acids is 1. The molecule has 202 valence electrons. The number of carbonyl (C=O) groups is 1. The molecule has 0 aromatic heterocycles. The van der Waals surface area contributed by atoms with E-state index in [2.05, 4.69) is 17.4 Å². The Morgan fingerprint density at radius 1 is 1.03 bits per heavy atom. The number of nitrogens with one attached hydrogen (secondary N) is 1. The van der Waals surface area contributed by atoms with Gasteiger partial charge < -0.3 is 24.1 Å². The van der Waals surface area contributed by atoms with E-state index in [9.17, 15) is 18.3 Å². The summed E-state index contributed by atoms with van der Waals surface area (Å²) in [7, 11) is -2.60. The standard InChI is InChI=1S/C27H29NO8S2/c1-33-21-11-7-19(8-12-21)20-9-13-22(14-10-20)38(31,32)28-23(26(29)30)17-27(35-15-4-16-36-27)18-34-24-5-2-3-6-25(24)37/h2-3,5-14,23,28,37H,4,15-18H2,1H3,(H,29,30). The van der Waals surface area contributed by atoms with Crippen molar-refractivity contribution in [1.29, 1.82) is 0 Å². The van der Waals surface area contributed by atoms with Crippen molar-refractivity contribution in [2.24, 2.45) is 0 Å². The molecule has 1 atom stereocenters. The Morgan fingerprint density at radius 3 is 2.21 bits per heavy atom. The zero-order valence-corrected chi connectivity index (χ0v) is 22.4. The molecule has 2 N–H and O–H groups in total. The van der Waals surface area contributed by atoms with Crippen molar-refractivity contribution in [2.75, 3.05) is 26.9 Å². The molecule has 0 bridgehead atoms.